The zero-order chi connectivity index (χ0) is 18.0. The van der Waals surface area contributed by atoms with Crippen LogP contribution in [0.15, 0.2) is 41.0 Å². The van der Waals surface area contributed by atoms with Crippen LogP contribution in [0.5, 0.6) is 0 Å². The van der Waals surface area contributed by atoms with Crippen molar-refractivity contribution in [2.75, 3.05) is 11.9 Å². The van der Waals surface area contributed by atoms with Crippen LogP contribution in [0.3, 0.4) is 0 Å². The van der Waals surface area contributed by atoms with Gasteiger partial charge in [0.1, 0.15) is 11.4 Å². The molecule has 1 aromatic carbocycles. The van der Waals surface area contributed by atoms with Crippen LogP contribution in [0, 0.1) is 12.7 Å². The number of hydrogen-bond acceptors (Lipinski definition) is 5. The minimum Gasteiger partial charge on any atom is -0.462 e. The number of aryl methyl sites for hydroxylation is 1. The zero-order valence-electron chi connectivity index (χ0n) is 13.6. The number of pyridine rings is 2. The van der Waals surface area contributed by atoms with Crippen molar-refractivity contribution in [1.82, 2.24) is 9.97 Å². The quantitative estimate of drug-likeness (QED) is 0.636. The largest absolute Gasteiger partial charge is 0.462 e. The van der Waals surface area contributed by atoms with Gasteiger partial charge < -0.3 is 10.1 Å². The Bertz CT molecular complexity index is 962. The molecule has 25 heavy (non-hydrogen) atoms. The summed E-state index contributed by atoms with van der Waals surface area (Å²) in [5.41, 5.74) is 2.14. The molecular weight excluding hydrogens is 389 g/mol. The van der Waals surface area contributed by atoms with E-state index in [-0.39, 0.29) is 17.9 Å². The van der Waals surface area contributed by atoms with Crippen molar-refractivity contribution in [3.63, 3.8) is 0 Å². The summed E-state index contributed by atoms with van der Waals surface area (Å²) in [5, 5.41) is 3.60. The van der Waals surface area contributed by atoms with E-state index < -0.39 is 11.8 Å². The molecule has 3 rings (SSSR count). The molecular formula is C18H15BrFN3O2. The predicted molar refractivity (Wildman–Crippen MR) is 97.6 cm³/mol. The summed E-state index contributed by atoms with van der Waals surface area (Å²) in [4.78, 5) is 20.9. The van der Waals surface area contributed by atoms with Gasteiger partial charge in [-0.3, -0.25) is 0 Å². The summed E-state index contributed by atoms with van der Waals surface area (Å²) in [6, 6.07) is 8.25. The molecule has 2 heterocycles. The maximum atomic E-state index is 14.2. The third kappa shape index (κ3) is 3.61. The van der Waals surface area contributed by atoms with Gasteiger partial charge in [0.2, 0.25) is 0 Å². The molecule has 128 valence electrons. The van der Waals surface area contributed by atoms with E-state index in [9.17, 15) is 9.18 Å². The van der Waals surface area contributed by atoms with Gasteiger partial charge >= 0.3 is 5.97 Å². The summed E-state index contributed by atoms with van der Waals surface area (Å²) in [6.07, 6.45) is 1.39. The third-order valence-corrected chi connectivity index (χ3v) is 4.05. The molecule has 2 aromatic heterocycles. The number of hydrogen-bond donors (Lipinski definition) is 1. The molecule has 0 aliphatic heterocycles. The first-order valence-electron chi connectivity index (χ1n) is 7.65. The average molecular weight is 404 g/mol. The van der Waals surface area contributed by atoms with E-state index in [0.29, 0.717) is 21.2 Å². The van der Waals surface area contributed by atoms with Gasteiger partial charge in [0.25, 0.3) is 0 Å². The Morgan fingerprint density at radius 2 is 2.12 bits per heavy atom. The van der Waals surface area contributed by atoms with Crippen molar-refractivity contribution in [3.05, 3.63) is 58.1 Å². The number of carbonyl (C=O) groups excluding carboxylic acids is 1. The Morgan fingerprint density at radius 3 is 2.84 bits per heavy atom. The van der Waals surface area contributed by atoms with Crippen LogP contribution in [0.25, 0.3) is 11.0 Å². The number of carbonyl (C=O) groups is 1. The number of nitrogens with zero attached hydrogens (tertiary/aromatic N) is 2. The molecule has 0 saturated heterocycles. The number of rotatable bonds is 4. The lowest BCUT2D eigenvalue weighted by molar-refractivity contribution is 0.0527. The molecule has 0 spiro atoms. The smallest absolute Gasteiger partial charge is 0.341 e. The molecule has 0 bridgehead atoms. The highest BCUT2D eigenvalue weighted by Gasteiger charge is 2.18. The van der Waals surface area contributed by atoms with E-state index in [1.54, 1.807) is 25.1 Å². The molecule has 5 nitrogen and oxygen atoms in total. The molecule has 1 N–H and O–H groups in total. The van der Waals surface area contributed by atoms with Crippen LogP contribution in [-0.2, 0) is 4.74 Å². The van der Waals surface area contributed by atoms with Crippen LogP contribution in [0.1, 0.15) is 23.0 Å². The highest BCUT2D eigenvalue weighted by atomic mass is 79.9. The molecule has 7 heteroatoms. The normalized spacial score (nSPS) is 10.7. The number of ether oxygens (including phenoxy) is 1. The van der Waals surface area contributed by atoms with Gasteiger partial charge in [-0.1, -0.05) is 15.9 Å². The third-order valence-electron chi connectivity index (χ3n) is 3.56. The zero-order valence-corrected chi connectivity index (χ0v) is 15.2. The molecule has 0 radical (unpaired) electrons. The Hall–Kier alpha value is -2.54. The summed E-state index contributed by atoms with van der Waals surface area (Å²) in [5.74, 6) is -0.980. The molecule has 0 aliphatic rings. The number of fused-ring (bicyclic) bond motifs is 1. The Balaban J connectivity index is 2.17. The summed E-state index contributed by atoms with van der Waals surface area (Å²) in [6.45, 7) is 3.80. The Kier molecular flexibility index (Phi) is 4.94. The van der Waals surface area contributed by atoms with Gasteiger partial charge in [-0.25, -0.2) is 19.2 Å². The second-order valence-electron chi connectivity index (χ2n) is 5.34. The highest BCUT2D eigenvalue weighted by Crippen LogP contribution is 2.31. The van der Waals surface area contributed by atoms with E-state index in [2.05, 4.69) is 31.2 Å². The lowest BCUT2D eigenvalue weighted by atomic mass is 10.1. The summed E-state index contributed by atoms with van der Waals surface area (Å²) < 4.78 is 20.0. The van der Waals surface area contributed by atoms with Crippen molar-refractivity contribution < 1.29 is 13.9 Å². The predicted octanol–water partition coefficient (Wildman–Crippen LogP) is 4.76. The van der Waals surface area contributed by atoms with Crippen molar-refractivity contribution >= 4 is 44.3 Å². The lowest BCUT2D eigenvalue weighted by Gasteiger charge is -2.14. The van der Waals surface area contributed by atoms with Gasteiger partial charge in [-0.2, -0.15) is 0 Å². The molecule has 0 aliphatic carbocycles. The van der Waals surface area contributed by atoms with Crippen molar-refractivity contribution in [1.29, 1.82) is 0 Å². The number of benzene rings is 1. The van der Waals surface area contributed by atoms with Crippen LogP contribution in [-0.4, -0.2) is 22.5 Å². The van der Waals surface area contributed by atoms with Crippen LogP contribution >= 0.6 is 15.9 Å². The van der Waals surface area contributed by atoms with Crippen LogP contribution in [0.4, 0.5) is 15.8 Å². The first-order valence-corrected chi connectivity index (χ1v) is 8.44. The molecule has 3 aromatic rings. The number of esters is 1. The van der Waals surface area contributed by atoms with Gasteiger partial charge in [-0.05, 0) is 44.2 Å². The lowest BCUT2D eigenvalue weighted by Crippen LogP contribution is -2.10. The maximum absolute atomic E-state index is 14.2. The number of anilines is 2. The second-order valence-corrected chi connectivity index (χ2v) is 6.26. The SMILES string of the molecule is CCOC(=O)c1cnc2nc(C)ccc2c1Nc1ccc(Br)cc1F. The van der Waals surface area contributed by atoms with E-state index >= 15 is 0 Å². The summed E-state index contributed by atoms with van der Waals surface area (Å²) in [7, 11) is 0. The second kappa shape index (κ2) is 7.14. The van der Waals surface area contributed by atoms with E-state index in [0.717, 1.165) is 5.69 Å². The van der Waals surface area contributed by atoms with Crippen molar-refractivity contribution in [2.45, 2.75) is 13.8 Å². The number of nitrogens with one attached hydrogen (secondary N) is 1. The minimum atomic E-state index is -0.530. The van der Waals surface area contributed by atoms with Crippen LogP contribution in [0.2, 0.25) is 0 Å². The fraction of sp³-hybridized carbons (Fsp3) is 0.167. The number of aromatic nitrogens is 2. The molecule has 0 amide bonds. The molecule has 0 unspecified atom stereocenters. The Morgan fingerprint density at radius 1 is 1.32 bits per heavy atom. The minimum absolute atomic E-state index is 0.224. The van der Waals surface area contributed by atoms with E-state index in [1.807, 2.05) is 13.0 Å². The topological polar surface area (TPSA) is 64.1 Å². The first-order chi connectivity index (χ1) is 12.0. The fourth-order valence-corrected chi connectivity index (χ4v) is 2.73. The van der Waals surface area contributed by atoms with Gasteiger partial charge in [-0.15, -0.1) is 0 Å². The van der Waals surface area contributed by atoms with Gasteiger partial charge in [0.15, 0.2) is 5.65 Å². The molecule has 0 atom stereocenters. The fourth-order valence-electron chi connectivity index (χ4n) is 2.40. The highest BCUT2D eigenvalue weighted by molar-refractivity contribution is 9.10. The summed E-state index contributed by atoms with van der Waals surface area (Å²) >= 11 is 3.23. The Labute approximate surface area is 152 Å². The van der Waals surface area contributed by atoms with Crippen molar-refractivity contribution in [2.24, 2.45) is 0 Å². The average Bonchev–Trinajstić information content (AvgIpc) is 2.57. The van der Waals surface area contributed by atoms with Crippen LogP contribution < -0.4 is 5.32 Å². The monoisotopic (exact) mass is 403 g/mol. The van der Waals surface area contributed by atoms with Gasteiger partial charge in [0.05, 0.1) is 18.0 Å². The van der Waals surface area contributed by atoms with E-state index in [1.165, 1.54) is 12.3 Å². The maximum Gasteiger partial charge on any atom is 0.341 e. The first kappa shape index (κ1) is 17.3. The van der Waals surface area contributed by atoms with Gasteiger partial charge in [0, 0.05) is 21.7 Å². The standard InChI is InChI=1S/C18H15BrFN3O2/c1-3-25-18(24)13-9-21-17-12(6-4-10(2)22-17)16(13)23-15-7-5-11(19)8-14(15)20/h4-9H,3H2,1-2H3,(H,21,22,23). The van der Waals surface area contributed by atoms with E-state index in [4.69, 9.17) is 4.74 Å². The molecule has 0 saturated carbocycles. The number of halogens is 2. The van der Waals surface area contributed by atoms with Crippen molar-refractivity contribution in [3.8, 4) is 0 Å². The molecule has 0 fully saturated rings.